The molecule has 38 heavy (non-hydrogen) atoms. The van der Waals surface area contributed by atoms with Gasteiger partial charge in [-0.25, -0.2) is 9.59 Å². The molecular formula is C29H40ClN3O5. The number of carbonyl (C=O) groups excluding carboxylic acids is 2. The normalized spacial score (nSPS) is 16.8. The fourth-order valence-electron chi connectivity index (χ4n) is 4.96. The molecule has 3 rings (SSSR count). The monoisotopic (exact) mass is 545 g/mol. The summed E-state index contributed by atoms with van der Waals surface area (Å²) in [6.07, 6.45) is -0.203. The SMILES string of the molecule is CC(=O)N1c2ccc(-c3ccc(CCNC(=O)OC(C)(C)C)cc3)cc2[C@H](N(C(=O)O)C(C)C)C[C@@H]1C.Cl. The minimum Gasteiger partial charge on any atom is -0.465 e. The van der Waals surface area contributed by atoms with Gasteiger partial charge in [0.2, 0.25) is 5.91 Å². The summed E-state index contributed by atoms with van der Waals surface area (Å²) in [4.78, 5) is 39.7. The Kier molecular flexibility index (Phi) is 10.2. The Morgan fingerprint density at radius 2 is 1.71 bits per heavy atom. The maximum atomic E-state index is 12.5. The van der Waals surface area contributed by atoms with Gasteiger partial charge in [-0.3, -0.25) is 9.69 Å². The molecule has 0 unspecified atom stereocenters. The number of hydrogen-bond donors (Lipinski definition) is 2. The van der Waals surface area contributed by atoms with Gasteiger partial charge in [-0.2, -0.15) is 0 Å². The van der Waals surface area contributed by atoms with Crippen LogP contribution in [0, 0.1) is 0 Å². The van der Waals surface area contributed by atoms with Gasteiger partial charge >= 0.3 is 12.2 Å². The molecule has 2 N–H and O–H groups in total. The van der Waals surface area contributed by atoms with E-state index in [-0.39, 0.29) is 36.4 Å². The number of anilines is 1. The van der Waals surface area contributed by atoms with Gasteiger partial charge in [0.1, 0.15) is 5.60 Å². The third kappa shape index (κ3) is 7.40. The highest BCUT2D eigenvalue weighted by atomic mass is 35.5. The van der Waals surface area contributed by atoms with Crippen LogP contribution in [0.1, 0.15) is 72.1 Å². The summed E-state index contributed by atoms with van der Waals surface area (Å²) < 4.78 is 5.27. The van der Waals surface area contributed by atoms with E-state index >= 15 is 0 Å². The van der Waals surface area contributed by atoms with Crippen LogP contribution >= 0.6 is 12.4 Å². The molecule has 0 aromatic heterocycles. The van der Waals surface area contributed by atoms with E-state index in [4.69, 9.17) is 4.74 Å². The summed E-state index contributed by atoms with van der Waals surface area (Å²) in [5.41, 5.74) is 4.09. The summed E-state index contributed by atoms with van der Waals surface area (Å²) >= 11 is 0. The van der Waals surface area contributed by atoms with Crippen molar-refractivity contribution in [3.05, 3.63) is 53.6 Å². The molecule has 3 amide bonds. The van der Waals surface area contributed by atoms with Crippen molar-refractivity contribution in [2.45, 2.75) is 85.0 Å². The minimum atomic E-state index is -0.968. The van der Waals surface area contributed by atoms with Crippen LogP contribution in [0.4, 0.5) is 15.3 Å². The summed E-state index contributed by atoms with van der Waals surface area (Å²) in [7, 11) is 0. The van der Waals surface area contributed by atoms with Crippen molar-refractivity contribution in [1.82, 2.24) is 10.2 Å². The van der Waals surface area contributed by atoms with E-state index in [0.29, 0.717) is 19.4 Å². The number of nitrogens with zero attached hydrogens (tertiary/aromatic N) is 2. The summed E-state index contributed by atoms with van der Waals surface area (Å²) in [5, 5.41) is 12.7. The molecule has 1 aliphatic rings. The summed E-state index contributed by atoms with van der Waals surface area (Å²) in [5.74, 6) is -0.0595. The lowest BCUT2D eigenvalue weighted by molar-refractivity contribution is -0.117. The van der Waals surface area contributed by atoms with E-state index in [1.807, 2.05) is 84.0 Å². The van der Waals surface area contributed by atoms with Crippen molar-refractivity contribution >= 4 is 36.2 Å². The van der Waals surface area contributed by atoms with Gasteiger partial charge in [-0.15, -0.1) is 12.4 Å². The highest BCUT2D eigenvalue weighted by molar-refractivity contribution is 5.94. The number of benzene rings is 2. The van der Waals surface area contributed by atoms with Crippen LogP contribution < -0.4 is 10.2 Å². The molecule has 0 bridgehead atoms. The van der Waals surface area contributed by atoms with Crippen LogP contribution in [0.25, 0.3) is 11.1 Å². The highest BCUT2D eigenvalue weighted by Gasteiger charge is 2.38. The fourth-order valence-corrected chi connectivity index (χ4v) is 4.96. The molecule has 0 fully saturated rings. The van der Waals surface area contributed by atoms with Crippen molar-refractivity contribution in [3.8, 4) is 11.1 Å². The maximum Gasteiger partial charge on any atom is 0.408 e. The smallest absolute Gasteiger partial charge is 0.408 e. The maximum absolute atomic E-state index is 12.5. The molecule has 9 heteroatoms. The van der Waals surface area contributed by atoms with E-state index in [2.05, 4.69) is 5.32 Å². The zero-order valence-corrected chi connectivity index (χ0v) is 24.1. The van der Waals surface area contributed by atoms with Gasteiger partial charge in [0.05, 0.1) is 6.04 Å². The Morgan fingerprint density at radius 1 is 1.11 bits per heavy atom. The van der Waals surface area contributed by atoms with E-state index in [0.717, 1.165) is 27.9 Å². The molecule has 2 aromatic rings. The average molecular weight is 546 g/mol. The number of carboxylic acid groups (broad SMARTS) is 1. The second-order valence-electron chi connectivity index (χ2n) is 10.9. The third-order valence-corrected chi connectivity index (χ3v) is 6.47. The molecule has 0 radical (unpaired) electrons. The molecule has 0 spiro atoms. The van der Waals surface area contributed by atoms with Gasteiger partial charge in [0.25, 0.3) is 0 Å². The van der Waals surface area contributed by atoms with Crippen LogP contribution in [-0.4, -0.2) is 52.3 Å². The molecule has 2 atom stereocenters. The molecule has 2 aromatic carbocycles. The summed E-state index contributed by atoms with van der Waals surface area (Å²) in [6, 6.07) is 13.3. The lowest BCUT2D eigenvalue weighted by Gasteiger charge is -2.43. The molecule has 1 aliphatic heterocycles. The van der Waals surface area contributed by atoms with Crippen LogP contribution in [0.3, 0.4) is 0 Å². The number of alkyl carbamates (subject to hydrolysis) is 1. The number of hydrogen-bond acceptors (Lipinski definition) is 4. The molecular weight excluding hydrogens is 506 g/mol. The first kappa shape index (κ1) is 31.0. The largest absolute Gasteiger partial charge is 0.465 e. The van der Waals surface area contributed by atoms with Crippen molar-refractivity contribution in [2.24, 2.45) is 0 Å². The van der Waals surface area contributed by atoms with Gasteiger partial charge in [-0.1, -0.05) is 30.3 Å². The quantitative estimate of drug-likeness (QED) is 0.436. The van der Waals surface area contributed by atoms with E-state index < -0.39 is 17.8 Å². The lowest BCUT2D eigenvalue weighted by Crippen LogP contribution is -2.48. The van der Waals surface area contributed by atoms with E-state index in [1.54, 1.807) is 11.8 Å². The van der Waals surface area contributed by atoms with E-state index in [9.17, 15) is 19.5 Å². The van der Waals surface area contributed by atoms with Gasteiger partial charge in [0, 0.05) is 31.2 Å². The minimum absolute atomic E-state index is 0. The van der Waals surface area contributed by atoms with Crippen LogP contribution in [0.5, 0.6) is 0 Å². The van der Waals surface area contributed by atoms with Crippen molar-refractivity contribution in [2.75, 3.05) is 11.4 Å². The average Bonchev–Trinajstić information content (AvgIpc) is 2.77. The number of amides is 3. The molecule has 0 aliphatic carbocycles. The lowest BCUT2D eigenvalue weighted by atomic mass is 9.87. The Morgan fingerprint density at radius 3 is 2.24 bits per heavy atom. The number of fused-ring (bicyclic) bond motifs is 1. The number of carbonyl (C=O) groups is 3. The zero-order chi connectivity index (χ0) is 27.5. The van der Waals surface area contributed by atoms with Gasteiger partial charge < -0.3 is 20.1 Å². The number of ether oxygens (including phenoxy) is 1. The predicted octanol–water partition coefficient (Wildman–Crippen LogP) is 6.42. The van der Waals surface area contributed by atoms with Crippen LogP contribution in [0.2, 0.25) is 0 Å². The van der Waals surface area contributed by atoms with Crippen molar-refractivity contribution in [3.63, 3.8) is 0 Å². The second-order valence-corrected chi connectivity index (χ2v) is 10.9. The first-order chi connectivity index (χ1) is 17.3. The standard InChI is InChI=1S/C29H39N3O5.ClH/c1-18(2)31(28(35)36)26-16-19(3)32(20(4)33)25-13-12-23(17-24(25)26)22-10-8-21(9-11-22)14-15-30-27(34)37-29(5,6)7;/h8-13,17-19,26H,14-16H2,1-7H3,(H,30,34)(H,35,36);1H/t19-,26+;/m0./s1. The highest BCUT2D eigenvalue weighted by Crippen LogP contribution is 2.43. The summed E-state index contributed by atoms with van der Waals surface area (Å²) in [6.45, 7) is 13.2. The fraction of sp³-hybridized carbons (Fsp3) is 0.483. The van der Waals surface area contributed by atoms with Crippen LogP contribution in [0.15, 0.2) is 42.5 Å². The van der Waals surface area contributed by atoms with Crippen molar-refractivity contribution < 1.29 is 24.2 Å². The third-order valence-electron chi connectivity index (χ3n) is 6.47. The first-order valence-electron chi connectivity index (χ1n) is 12.8. The van der Waals surface area contributed by atoms with E-state index in [1.165, 1.54) is 4.90 Å². The Bertz CT molecular complexity index is 1140. The Labute approximate surface area is 231 Å². The predicted molar refractivity (Wildman–Crippen MR) is 152 cm³/mol. The molecule has 0 saturated carbocycles. The first-order valence-corrected chi connectivity index (χ1v) is 12.8. The molecule has 1 heterocycles. The molecule has 8 nitrogen and oxygen atoms in total. The van der Waals surface area contributed by atoms with Crippen molar-refractivity contribution in [1.29, 1.82) is 0 Å². The van der Waals surface area contributed by atoms with Crippen LogP contribution in [-0.2, 0) is 16.0 Å². The topological polar surface area (TPSA) is 99.2 Å². The number of rotatable bonds is 6. The second kappa shape index (κ2) is 12.5. The Hall–Kier alpha value is -3.26. The van der Waals surface area contributed by atoms with Gasteiger partial charge in [0.15, 0.2) is 0 Å². The molecule has 208 valence electrons. The molecule has 0 saturated heterocycles. The Balaban J connectivity index is 0.00000507. The number of nitrogens with one attached hydrogen (secondary N) is 1. The zero-order valence-electron chi connectivity index (χ0n) is 23.3. The van der Waals surface area contributed by atoms with Gasteiger partial charge in [-0.05, 0) is 88.8 Å². The number of halogens is 1.